The number of carbonyl (C=O) groups excluding carboxylic acids is 1. The van der Waals surface area contributed by atoms with Crippen molar-refractivity contribution in [3.05, 3.63) is 36.2 Å². The van der Waals surface area contributed by atoms with Crippen LogP contribution in [0.25, 0.3) is 22.6 Å². The second-order valence-corrected chi connectivity index (χ2v) is 8.59. The molecule has 31 heavy (non-hydrogen) atoms. The van der Waals surface area contributed by atoms with E-state index in [9.17, 15) is 4.79 Å². The summed E-state index contributed by atoms with van der Waals surface area (Å²) >= 11 is 0. The molecule has 8 nitrogen and oxygen atoms in total. The molecule has 1 amide bonds. The topological polar surface area (TPSA) is 102 Å². The minimum atomic E-state index is -0.446. The third-order valence-electron chi connectivity index (χ3n) is 5.41. The van der Waals surface area contributed by atoms with E-state index in [2.05, 4.69) is 66.3 Å². The molecule has 0 atom stereocenters. The Morgan fingerprint density at radius 2 is 1.71 bits per heavy atom. The van der Waals surface area contributed by atoms with E-state index in [1.165, 1.54) is 0 Å². The number of amides is 1. The fraction of sp³-hybridized carbons (Fsp3) is 0.478. The maximum absolute atomic E-state index is 11.4. The molecule has 3 rings (SSSR count). The SMILES string of the molecule is CC(C)N(CCNc1ncnc2c1nc(-c1ccc(C(N)=O)cc1)n2C(C)C)C(C)C. The van der Waals surface area contributed by atoms with Gasteiger partial charge < -0.3 is 15.6 Å². The van der Waals surface area contributed by atoms with Crippen LogP contribution in [-0.4, -0.2) is 55.5 Å². The first-order valence-corrected chi connectivity index (χ1v) is 10.8. The maximum atomic E-state index is 11.4. The standard InChI is InChI=1S/C23H33N7O/c1-14(2)29(15(3)4)12-11-25-21-19-23(27-13-26-21)30(16(5)6)22(28-19)18-9-7-17(8-10-18)20(24)31/h7-10,13-16H,11-12H2,1-6H3,(H2,24,31)(H,25,26,27). The molecule has 0 unspecified atom stereocenters. The van der Waals surface area contributed by atoms with Crippen LogP contribution in [0.3, 0.4) is 0 Å². The normalized spacial score (nSPS) is 11.9. The monoisotopic (exact) mass is 423 g/mol. The Morgan fingerprint density at radius 1 is 1.06 bits per heavy atom. The van der Waals surface area contributed by atoms with Crippen LogP contribution in [0.15, 0.2) is 30.6 Å². The third kappa shape index (κ3) is 4.85. The van der Waals surface area contributed by atoms with E-state index in [1.54, 1.807) is 18.5 Å². The number of hydrogen-bond donors (Lipinski definition) is 2. The molecule has 0 aliphatic carbocycles. The Morgan fingerprint density at radius 3 is 2.26 bits per heavy atom. The fourth-order valence-electron chi connectivity index (χ4n) is 3.93. The zero-order valence-corrected chi connectivity index (χ0v) is 19.3. The van der Waals surface area contributed by atoms with E-state index in [-0.39, 0.29) is 6.04 Å². The Balaban J connectivity index is 1.95. The summed E-state index contributed by atoms with van der Waals surface area (Å²) in [5, 5.41) is 3.45. The highest BCUT2D eigenvalue weighted by Crippen LogP contribution is 2.30. The molecule has 0 aliphatic heterocycles. The van der Waals surface area contributed by atoms with Gasteiger partial charge in [-0.25, -0.2) is 15.0 Å². The predicted molar refractivity (Wildman–Crippen MR) is 125 cm³/mol. The van der Waals surface area contributed by atoms with Gasteiger partial charge in [-0.3, -0.25) is 9.69 Å². The van der Waals surface area contributed by atoms with Crippen LogP contribution in [0.4, 0.5) is 5.82 Å². The molecule has 3 aromatic rings. The van der Waals surface area contributed by atoms with Crippen molar-refractivity contribution < 1.29 is 4.79 Å². The summed E-state index contributed by atoms with van der Waals surface area (Å²) in [5.41, 5.74) is 8.27. The van der Waals surface area contributed by atoms with Crippen molar-refractivity contribution in [2.24, 2.45) is 5.73 Å². The molecule has 3 N–H and O–H groups in total. The number of primary amides is 1. The Labute approximate surface area is 183 Å². The number of aromatic nitrogens is 4. The van der Waals surface area contributed by atoms with Crippen molar-refractivity contribution in [1.82, 2.24) is 24.4 Å². The molecule has 0 spiro atoms. The van der Waals surface area contributed by atoms with Crippen molar-refractivity contribution in [1.29, 1.82) is 0 Å². The van der Waals surface area contributed by atoms with Crippen molar-refractivity contribution in [2.45, 2.75) is 59.7 Å². The van der Waals surface area contributed by atoms with Gasteiger partial charge in [-0.15, -0.1) is 0 Å². The summed E-state index contributed by atoms with van der Waals surface area (Å²) in [5.74, 6) is 1.07. The molecule has 2 aromatic heterocycles. The van der Waals surface area contributed by atoms with Crippen LogP contribution in [-0.2, 0) is 0 Å². The number of rotatable bonds is 9. The number of nitrogens with zero attached hydrogens (tertiary/aromatic N) is 5. The zero-order chi connectivity index (χ0) is 22.7. The van der Waals surface area contributed by atoms with E-state index in [0.717, 1.165) is 41.5 Å². The van der Waals surface area contributed by atoms with Gasteiger partial charge in [-0.05, 0) is 53.7 Å². The van der Waals surface area contributed by atoms with Crippen molar-refractivity contribution in [3.8, 4) is 11.4 Å². The van der Waals surface area contributed by atoms with Crippen LogP contribution in [0.5, 0.6) is 0 Å². The highest BCUT2D eigenvalue weighted by molar-refractivity contribution is 5.93. The van der Waals surface area contributed by atoms with E-state index in [4.69, 9.17) is 10.7 Å². The molecule has 1 aromatic carbocycles. The quantitative estimate of drug-likeness (QED) is 0.544. The average molecular weight is 424 g/mol. The highest BCUT2D eigenvalue weighted by atomic mass is 16.1. The predicted octanol–water partition coefficient (Wildman–Crippen LogP) is 3.70. The van der Waals surface area contributed by atoms with Crippen LogP contribution < -0.4 is 11.1 Å². The van der Waals surface area contributed by atoms with Crippen LogP contribution in [0.1, 0.15) is 57.9 Å². The Kier molecular flexibility index (Phi) is 6.90. The molecule has 0 saturated carbocycles. The highest BCUT2D eigenvalue weighted by Gasteiger charge is 2.20. The van der Waals surface area contributed by atoms with Crippen molar-refractivity contribution >= 4 is 22.9 Å². The molecule has 0 radical (unpaired) electrons. The zero-order valence-electron chi connectivity index (χ0n) is 19.3. The number of hydrogen-bond acceptors (Lipinski definition) is 6. The van der Waals surface area contributed by atoms with Gasteiger partial charge in [0.1, 0.15) is 12.2 Å². The molecular formula is C23H33N7O. The summed E-state index contributed by atoms with van der Waals surface area (Å²) in [6.07, 6.45) is 1.58. The first kappa shape index (κ1) is 22.7. The summed E-state index contributed by atoms with van der Waals surface area (Å²) in [6.45, 7) is 14.7. The van der Waals surface area contributed by atoms with Crippen molar-refractivity contribution in [2.75, 3.05) is 18.4 Å². The van der Waals surface area contributed by atoms with Gasteiger partial charge in [0.25, 0.3) is 0 Å². The summed E-state index contributed by atoms with van der Waals surface area (Å²) in [4.78, 5) is 27.7. The second kappa shape index (κ2) is 9.43. The second-order valence-electron chi connectivity index (χ2n) is 8.59. The molecule has 0 fully saturated rings. The smallest absolute Gasteiger partial charge is 0.248 e. The van der Waals surface area contributed by atoms with Crippen LogP contribution in [0.2, 0.25) is 0 Å². The van der Waals surface area contributed by atoms with E-state index < -0.39 is 5.91 Å². The van der Waals surface area contributed by atoms with E-state index in [0.29, 0.717) is 17.6 Å². The molecule has 8 heteroatoms. The van der Waals surface area contributed by atoms with E-state index >= 15 is 0 Å². The average Bonchev–Trinajstić information content (AvgIpc) is 3.11. The lowest BCUT2D eigenvalue weighted by atomic mass is 10.1. The van der Waals surface area contributed by atoms with Gasteiger partial charge in [0, 0.05) is 42.3 Å². The first-order chi connectivity index (χ1) is 14.7. The van der Waals surface area contributed by atoms with Gasteiger partial charge in [0.05, 0.1) is 0 Å². The molecule has 0 bridgehead atoms. The lowest BCUT2D eigenvalue weighted by Gasteiger charge is -2.30. The molecule has 2 heterocycles. The van der Waals surface area contributed by atoms with Gasteiger partial charge in [0.15, 0.2) is 17.0 Å². The first-order valence-electron chi connectivity index (χ1n) is 10.8. The largest absolute Gasteiger partial charge is 0.367 e. The number of nitrogens with one attached hydrogen (secondary N) is 1. The molecular weight excluding hydrogens is 390 g/mol. The van der Waals surface area contributed by atoms with Crippen LogP contribution in [0, 0.1) is 0 Å². The maximum Gasteiger partial charge on any atom is 0.248 e. The van der Waals surface area contributed by atoms with Gasteiger partial charge in [0.2, 0.25) is 5.91 Å². The van der Waals surface area contributed by atoms with Gasteiger partial charge in [-0.1, -0.05) is 12.1 Å². The lowest BCUT2D eigenvalue weighted by molar-refractivity contribution is 0.100. The van der Waals surface area contributed by atoms with Gasteiger partial charge >= 0.3 is 0 Å². The number of benzene rings is 1. The number of fused-ring (bicyclic) bond motifs is 1. The number of nitrogens with two attached hydrogens (primary N) is 1. The number of anilines is 1. The Hall–Kier alpha value is -3.00. The lowest BCUT2D eigenvalue weighted by Crippen LogP contribution is -2.40. The third-order valence-corrected chi connectivity index (χ3v) is 5.41. The molecule has 0 aliphatic rings. The molecule has 166 valence electrons. The van der Waals surface area contributed by atoms with Crippen molar-refractivity contribution in [3.63, 3.8) is 0 Å². The summed E-state index contributed by atoms with van der Waals surface area (Å²) in [6, 6.07) is 8.27. The number of imidazole rings is 1. The summed E-state index contributed by atoms with van der Waals surface area (Å²) < 4.78 is 2.09. The van der Waals surface area contributed by atoms with Crippen LogP contribution >= 0.6 is 0 Å². The summed E-state index contributed by atoms with van der Waals surface area (Å²) in [7, 11) is 0. The van der Waals surface area contributed by atoms with E-state index in [1.807, 2.05) is 12.1 Å². The van der Waals surface area contributed by atoms with Gasteiger partial charge in [-0.2, -0.15) is 0 Å². The number of carbonyl (C=O) groups is 1. The fourth-order valence-corrected chi connectivity index (χ4v) is 3.93. The minimum Gasteiger partial charge on any atom is -0.367 e. The Bertz CT molecular complexity index is 1030. The minimum absolute atomic E-state index is 0.149. The molecule has 0 saturated heterocycles.